The second kappa shape index (κ2) is 7.16. The maximum Gasteiger partial charge on any atom is 0.133 e. The average Bonchev–Trinajstić information content (AvgIpc) is 2.88. The van der Waals surface area contributed by atoms with Gasteiger partial charge < -0.3 is 10.2 Å². The fraction of sp³-hybridized carbons (Fsp3) is 0.273. The minimum Gasteiger partial charge on any atom is -0.378 e. The van der Waals surface area contributed by atoms with Crippen LogP contribution in [0.15, 0.2) is 48.5 Å². The number of aromatic nitrogens is 2. The van der Waals surface area contributed by atoms with Gasteiger partial charge in [0.1, 0.15) is 11.9 Å². The molecule has 0 amide bonds. The van der Waals surface area contributed by atoms with Crippen molar-refractivity contribution >= 4 is 11.5 Å². The van der Waals surface area contributed by atoms with Gasteiger partial charge in [-0.1, -0.05) is 24.3 Å². The van der Waals surface area contributed by atoms with E-state index in [-0.39, 0.29) is 0 Å². The fourth-order valence-electron chi connectivity index (χ4n) is 3.59. The van der Waals surface area contributed by atoms with Crippen molar-refractivity contribution in [1.29, 1.82) is 5.26 Å². The van der Waals surface area contributed by atoms with Gasteiger partial charge in [0.2, 0.25) is 0 Å². The van der Waals surface area contributed by atoms with Gasteiger partial charge in [0.25, 0.3) is 0 Å². The highest BCUT2D eigenvalue weighted by Crippen LogP contribution is 2.35. The lowest BCUT2D eigenvalue weighted by atomic mass is 10.0. The van der Waals surface area contributed by atoms with E-state index in [1.165, 1.54) is 5.56 Å². The van der Waals surface area contributed by atoms with E-state index < -0.39 is 0 Å². The van der Waals surface area contributed by atoms with E-state index in [1.54, 1.807) is 0 Å². The van der Waals surface area contributed by atoms with Crippen molar-refractivity contribution < 1.29 is 0 Å². The van der Waals surface area contributed by atoms with E-state index >= 15 is 0 Å². The molecule has 5 nitrogen and oxygen atoms in total. The van der Waals surface area contributed by atoms with Crippen molar-refractivity contribution in [2.75, 3.05) is 30.9 Å². The van der Waals surface area contributed by atoms with Crippen molar-refractivity contribution in [2.24, 2.45) is 0 Å². The van der Waals surface area contributed by atoms with Gasteiger partial charge in [0.05, 0.1) is 16.9 Å². The molecule has 0 saturated heterocycles. The number of benzene rings is 2. The lowest BCUT2D eigenvalue weighted by Crippen LogP contribution is -2.08. The molecule has 3 aromatic rings. The molecule has 0 atom stereocenters. The third kappa shape index (κ3) is 3.15. The summed E-state index contributed by atoms with van der Waals surface area (Å²) < 4.78 is 1.91. The maximum atomic E-state index is 9.54. The zero-order chi connectivity index (χ0) is 18.8. The highest BCUT2D eigenvalue weighted by Gasteiger charge is 2.23. The molecule has 1 N–H and O–H groups in total. The average molecular weight is 357 g/mol. The number of nitriles is 1. The fourth-order valence-corrected chi connectivity index (χ4v) is 3.59. The van der Waals surface area contributed by atoms with Gasteiger partial charge in [-0.25, -0.2) is 4.68 Å². The first-order valence-corrected chi connectivity index (χ1v) is 9.32. The number of nitrogens with zero attached hydrogens (tertiary/aromatic N) is 4. The molecule has 2 aromatic carbocycles. The summed E-state index contributed by atoms with van der Waals surface area (Å²) in [5.41, 5.74) is 5.93. The van der Waals surface area contributed by atoms with Crippen LogP contribution in [0.2, 0.25) is 0 Å². The van der Waals surface area contributed by atoms with Gasteiger partial charge in [-0.15, -0.1) is 0 Å². The standard InChI is InChI=1S/C22H23N5/c1-26(2)18-10-7-9-16(14-18)21-19-11-5-6-13-24-22(19)27(25-21)20-12-4-3-8-17(20)15-23/h3-4,7-10,12,14,24H,5-6,11,13H2,1-2H3. The van der Waals surface area contributed by atoms with Crippen LogP contribution < -0.4 is 10.2 Å². The quantitative estimate of drug-likeness (QED) is 0.762. The summed E-state index contributed by atoms with van der Waals surface area (Å²) >= 11 is 0. The SMILES string of the molecule is CN(C)c1cccc(-c2nn(-c3ccccc3C#N)c3c2CCCCN3)c1. The van der Waals surface area contributed by atoms with Crippen molar-refractivity contribution in [2.45, 2.75) is 19.3 Å². The minimum absolute atomic E-state index is 0.627. The molecule has 0 radical (unpaired) electrons. The normalized spacial score (nSPS) is 13.2. The minimum atomic E-state index is 0.627. The number of anilines is 2. The summed E-state index contributed by atoms with van der Waals surface area (Å²) in [5.74, 6) is 1.01. The lowest BCUT2D eigenvalue weighted by molar-refractivity contribution is 0.780. The third-order valence-corrected chi connectivity index (χ3v) is 5.02. The Bertz CT molecular complexity index is 1010. The Kier molecular flexibility index (Phi) is 4.55. The van der Waals surface area contributed by atoms with Crippen LogP contribution in [-0.2, 0) is 6.42 Å². The summed E-state index contributed by atoms with van der Waals surface area (Å²) in [4.78, 5) is 2.10. The number of fused-ring (bicyclic) bond motifs is 1. The number of hydrogen-bond acceptors (Lipinski definition) is 4. The zero-order valence-corrected chi connectivity index (χ0v) is 15.7. The van der Waals surface area contributed by atoms with Crippen molar-refractivity contribution in [3.8, 4) is 23.0 Å². The number of para-hydroxylation sites is 1. The molecule has 4 rings (SSSR count). The number of nitrogens with one attached hydrogen (secondary N) is 1. The summed E-state index contributed by atoms with van der Waals surface area (Å²) in [5, 5.41) is 18.1. The van der Waals surface area contributed by atoms with Crippen LogP contribution in [0, 0.1) is 11.3 Å². The van der Waals surface area contributed by atoms with E-state index in [0.717, 1.165) is 54.3 Å². The first-order valence-electron chi connectivity index (χ1n) is 9.32. The highest BCUT2D eigenvalue weighted by atomic mass is 15.3. The molecule has 0 unspecified atom stereocenters. The Morgan fingerprint density at radius 2 is 1.96 bits per heavy atom. The van der Waals surface area contributed by atoms with Gasteiger partial charge >= 0.3 is 0 Å². The number of hydrogen-bond donors (Lipinski definition) is 1. The smallest absolute Gasteiger partial charge is 0.133 e. The monoisotopic (exact) mass is 357 g/mol. The van der Waals surface area contributed by atoms with Crippen molar-refractivity contribution in [1.82, 2.24) is 9.78 Å². The maximum absolute atomic E-state index is 9.54. The molecule has 1 aliphatic heterocycles. The Balaban J connectivity index is 1.93. The van der Waals surface area contributed by atoms with Gasteiger partial charge in [-0.05, 0) is 43.5 Å². The molecule has 0 saturated carbocycles. The largest absolute Gasteiger partial charge is 0.378 e. The number of rotatable bonds is 3. The Labute approximate surface area is 159 Å². The Morgan fingerprint density at radius 1 is 1.11 bits per heavy atom. The second-order valence-corrected chi connectivity index (χ2v) is 7.05. The highest BCUT2D eigenvalue weighted by molar-refractivity contribution is 5.74. The molecule has 136 valence electrons. The zero-order valence-electron chi connectivity index (χ0n) is 15.7. The van der Waals surface area contributed by atoms with Gasteiger partial charge in [-0.3, -0.25) is 0 Å². The predicted molar refractivity (Wildman–Crippen MR) is 109 cm³/mol. The van der Waals surface area contributed by atoms with Crippen LogP contribution in [0.25, 0.3) is 16.9 Å². The van der Waals surface area contributed by atoms with Crippen molar-refractivity contribution in [3.05, 3.63) is 59.7 Å². The topological polar surface area (TPSA) is 56.9 Å². The second-order valence-electron chi connectivity index (χ2n) is 7.05. The van der Waals surface area contributed by atoms with Gasteiger partial charge in [-0.2, -0.15) is 10.4 Å². The molecule has 0 aliphatic carbocycles. The molecular formula is C22H23N5. The van der Waals surface area contributed by atoms with Gasteiger partial charge in [0.15, 0.2) is 0 Å². The molecule has 27 heavy (non-hydrogen) atoms. The van der Waals surface area contributed by atoms with Crippen LogP contribution in [0.3, 0.4) is 0 Å². The molecule has 1 aromatic heterocycles. The van der Waals surface area contributed by atoms with E-state index in [1.807, 2.05) is 43.0 Å². The molecule has 1 aliphatic rings. The Hall–Kier alpha value is -3.26. The first kappa shape index (κ1) is 17.2. The van der Waals surface area contributed by atoms with Crippen LogP contribution in [-0.4, -0.2) is 30.4 Å². The summed E-state index contributed by atoms with van der Waals surface area (Å²) in [6, 6.07) is 18.4. The predicted octanol–water partition coefficient (Wildman–Crippen LogP) is 4.23. The summed E-state index contributed by atoms with van der Waals surface area (Å²) in [6.07, 6.45) is 3.25. The van der Waals surface area contributed by atoms with Gasteiger partial charge in [0, 0.05) is 37.5 Å². The lowest BCUT2D eigenvalue weighted by Gasteiger charge is -2.13. The van der Waals surface area contributed by atoms with E-state index in [4.69, 9.17) is 5.10 Å². The van der Waals surface area contributed by atoms with E-state index in [0.29, 0.717) is 5.56 Å². The summed E-state index contributed by atoms with van der Waals surface area (Å²) in [6.45, 7) is 0.921. The molecule has 0 fully saturated rings. The third-order valence-electron chi connectivity index (χ3n) is 5.02. The molecule has 0 spiro atoms. The molecule has 0 bridgehead atoms. The summed E-state index contributed by atoms with van der Waals surface area (Å²) in [7, 11) is 4.09. The van der Waals surface area contributed by atoms with Crippen LogP contribution in [0.4, 0.5) is 11.5 Å². The molecule has 2 heterocycles. The van der Waals surface area contributed by atoms with Crippen LogP contribution >= 0.6 is 0 Å². The molecular weight excluding hydrogens is 334 g/mol. The van der Waals surface area contributed by atoms with Crippen LogP contribution in [0.1, 0.15) is 24.0 Å². The first-order chi connectivity index (χ1) is 13.2. The molecule has 5 heteroatoms. The van der Waals surface area contributed by atoms with E-state index in [9.17, 15) is 5.26 Å². The van der Waals surface area contributed by atoms with E-state index in [2.05, 4.69) is 40.6 Å². The van der Waals surface area contributed by atoms with Crippen molar-refractivity contribution in [3.63, 3.8) is 0 Å². The Morgan fingerprint density at radius 3 is 2.78 bits per heavy atom. The van der Waals surface area contributed by atoms with Crippen LogP contribution in [0.5, 0.6) is 0 Å².